The van der Waals surface area contributed by atoms with Crippen LogP contribution in [0.25, 0.3) is 28.7 Å². The molecule has 6 heteroatoms. The molecule has 2 heterocycles. The van der Waals surface area contributed by atoms with Crippen LogP contribution in [-0.2, 0) is 0 Å². The highest BCUT2D eigenvalue weighted by Crippen LogP contribution is 2.15. The number of ether oxygens (including phenoxy) is 1. The fourth-order valence-electron chi connectivity index (χ4n) is 2.56. The molecule has 25 heavy (non-hydrogen) atoms. The average Bonchev–Trinajstić information content (AvgIpc) is 2.67. The fraction of sp³-hybridized carbons (Fsp3) is 0.0526. The SMILES string of the molecule is COc1ccc(/C=C/c2nn3cnc4ccccc4c3nc2=O)cc1. The second-order valence-corrected chi connectivity index (χ2v) is 5.44. The van der Waals surface area contributed by atoms with Gasteiger partial charge < -0.3 is 4.74 Å². The fourth-order valence-corrected chi connectivity index (χ4v) is 2.56. The second kappa shape index (κ2) is 6.16. The van der Waals surface area contributed by atoms with Crippen molar-refractivity contribution in [2.75, 3.05) is 7.11 Å². The number of nitrogens with zero attached hydrogens (tertiary/aromatic N) is 4. The smallest absolute Gasteiger partial charge is 0.299 e. The van der Waals surface area contributed by atoms with Crippen LogP contribution in [0.15, 0.2) is 59.7 Å². The van der Waals surface area contributed by atoms with Gasteiger partial charge in [0, 0.05) is 5.39 Å². The molecule has 4 rings (SSSR count). The van der Waals surface area contributed by atoms with Crippen molar-refractivity contribution in [2.24, 2.45) is 0 Å². The minimum absolute atomic E-state index is 0.255. The molecule has 0 saturated carbocycles. The van der Waals surface area contributed by atoms with E-state index in [1.165, 1.54) is 4.52 Å². The lowest BCUT2D eigenvalue weighted by molar-refractivity contribution is 0.415. The zero-order chi connectivity index (χ0) is 17.2. The van der Waals surface area contributed by atoms with Gasteiger partial charge in [0.25, 0.3) is 5.56 Å². The van der Waals surface area contributed by atoms with Gasteiger partial charge in [-0.15, -0.1) is 0 Å². The van der Waals surface area contributed by atoms with Crippen molar-refractivity contribution < 1.29 is 4.74 Å². The largest absolute Gasteiger partial charge is 0.497 e. The van der Waals surface area contributed by atoms with Crippen molar-refractivity contribution in [2.45, 2.75) is 0 Å². The summed E-state index contributed by atoms with van der Waals surface area (Å²) >= 11 is 0. The first-order valence-electron chi connectivity index (χ1n) is 7.71. The van der Waals surface area contributed by atoms with E-state index < -0.39 is 0 Å². The Kier molecular flexibility index (Phi) is 3.70. The van der Waals surface area contributed by atoms with Gasteiger partial charge in [-0.3, -0.25) is 4.79 Å². The minimum Gasteiger partial charge on any atom is -0.497 e. The minimum atomic E-state index is -0.374. The summed E-state index contributed by atoms with van der Waals surface area (Å²) in [5.41, 5.74) is 2.09. The molecule has 0 bridgehead atoms. The van der Waals surface area contributed by atoms with E-state index in [2.05, 4.69) is 15.1 Å². The zero-order valence-corrected chi connectivity index (χ0v) is 13.5. The van der Waals surface area contributed by atoms with E-state index in [-0.39, 0.29) is 11.3 Å². The maximum Gasteiger partial charge on any atom is 0.299 e. The molecule has 0 spiro atoms. The lowest BCUT2D eigenvalue weighted by Crippen LogP contribution is -2.16. The Bertz CT molecular complexity index is 1150. The van der Waals surface area contributed by atoms with E-state index in [0.29, 0.717) is 5.65 Å². The van der Waals surface area contributed by atoms with Crippen LogP contribution in [0.4, 0.5) is 0 Å². The Balaban J connectivity index is 1.77. The van der Waals surface area contributed by atoms with Crippen molar-refractivity contribution >= 4 is 28.7 Å². The number of rotatable bonds is 3. The van der Waals surface area contributed by atoms with Gasteiger partial charge in [0.15, 0.2) is 11.3 Å². The number of hydrogen-bond acceptors (Lipinski definition) is 5. The second-order valence-electron chi connectivity index (χ2n) is 5.44. The van der Waals surface area contributed by atoms with Gasteiger partial charge in [0.1, 0.15) is 12.1 Å². The number of para-hydroxylation sites is 1. The van der Waals surface area contributed by atoms with Crippen molar-refractivity contribution in [1.29, 1.82) is 0 Å². The third-order valence-electron chi connectivity index (χ3n) is 3.86. The van der Waals surface area contributed by atoms with Crippen molar-refractivity contribution in [3.63, 3.8) is 0 Å². The number of hydrogen-bond donors (Lipinski definition) is 0. The summed E-state index contributed by atoms with van der Waals surface area (Å²) < 4.78 is 6.65. The molecule has 122 valence electrons. The predicted molar refractivity (Wildman–Crippen MR) is 96.5 cm³/mol. The number of methoxy groups -OCH3 is 1. The summed E-state index contributed by atoms with van der Waals surface area (Å²) in [4.78, 5) is 20.8. The molecular formula is C19H14N4O2. The Morgan fingerprint density at radius 1 is 1.04 bits per heavy atom. The van der Waals surface area contributed by atoms with Crippen LogP contribution in [0.3, 0.4) is 0 Å². The van der Waals surface area contributed by atoms with Gasteiger partial charge in [-0.2, -0.15) is 10.1 Å². The van der Waals surface area contributed by atoms with Crippen LogP contribution in [0.2, 0.25) is 0 Å². The Labute approximate surface area is 143 Å². The first kappa shape index (κ1) is 15.0. The number of fused-ring (bicyclic) bond motifs is 3. The van der Waals surface area contributed by atoms with E-state index >= 15 is 0 Å². The van der Waals surface area contributed by atoms with Crippen LogP contribution in [0.5, 0.6) is 5.75 Å². The molecule has 0 aliphatic carbocycles. The Hall–Kier alpha value is -3.54. The topological polar surface area (TPSA) is 69.4 Å². The molecule has 4 aromatic rings. The zero-order valence-electron chi connectivity index (χ0n) is 13.5. The highest BCUT2D eigenvalue weighted by molar-refractivity contribution is 5.90. The van der Waals surface area contributed by atoms with E-state index in [9.17, 15) is 4.79 Å². The molecule has 2 aromatic heterocycles. The van der Waals surface area contributed by atoms with Crippen LogP contribution in [-0.4, -0.2) is 26.7 Å². The molecule has 0 aliphatic heterocycles. The molecule has 0 fully saturated rings. The van der Waals surface area contributed by atoms with Crippen LogP contribution in [0, 0.1) is 0 Å². The lowest BCUT2D eigenvalue weighted by Gasteiger charge is -2.03. The summed E-state index contributed by atoms with van der Waals surface area (Å²) in [6.07, 6.45) is 5.03. The van der Waals surface area contributed by atoms with Gasteiger partial charge in [0.2, 0.25) is 0 Å². The van der Waals surface area contributed by atoms with Crippen molar-refractivity contribution in [3.05, 3.63) is 76.5 Å². The molecular weight excluding hydrogens is 316 g/mol. The number of benzene rings is 2. The standard InChI is InChI=1S/C19H14N4O2/c1-25-14-9-6-13(7-10-14)8-11-17-19(24)21-18-15-4-2-3-5-16(15)20-12-23(18)22-17/h2-12H,1H3/b11-8+. The van der Waals surface area contributed by atoms with Gasteiger partial charge in [-0.1, -0.05) is 30.3 Å². The van der Waals surface area contributed by atoms with E-state index in [1.54, 1.807) is 19.5 Å². The van der Waals surface area contributed by atoms with Crippen molar-refractivity contribution in [3.8, 4) is 5.75 Å². The van der Waals surface area contributed by atoms with E-state index in [1.807, 2.05) is 54.6 Å². The van der Waals surface area contributed by atoms with Crippen LogP contribution in [0.1, 0.15) is 11.3 Å². The van der Waals surface area contributed by atoms with Gasteiger partial charge in [-0.25, -0.2) is 9.50 Å². The molecule has 0 radical (unpaired) electrons. The molecule has 0 saturated heterocycles. The molecule has 0 aliphatic rings. The summed E-state index contributed by atoms with van der Waals surface area (Å²) in [5.74, 6) is 0.778. The third-order valence-corrected chi connectivity index (χ3v) is 3.86. The highest BCUT2D eigenvalue weighted by atomic mass is 16.5. The maximum absolute atomic E-state index is 12.3. The average molecular weight is 330 g/mol. The third kappa shape index (κ3) is 2.85. The highest BCUT2D eigenvalue weighted by Gasteiger charge is 2.07. The molecule has 0 N–H and O–H groups in total. The molecule has 0 atom stereocenters. The lowest BCUT2D eigenvalue weighted by atomic mass is 10.2. The molecule has 6 nitrogen and oxygen atoms in total. The van der Waals surface area contributed by atoms with Gasteiger partial charge in [0.05, 0.1) is 12.6 Å². The Morgan fingerprint density at radius 2 is 1.84 bits per heavy atom. The Morgan fingerprint density at radius 3 is 2.64 bits per heavy atom. The predicted octanol–water partition coefficient (Wildman–Crippen LogP) is 2.82. The normalized spacial score (nSPS) is 11.4. The first-order chi connectivity index (χ1) is 12.2. The van der Waals surface area contributed by atoms with Crippen LogP contribution >= 0.6 is 0 Å². The monoisotopic (exact) mass is 330 g/mol. The van der Waals surface area contributed by atoms with Crippen molar-refractivity contribution in [1.82, 2.24) is 19.6 Å². The molecule has 0 amide bonds. The summed E-state index contributed by atoms with van der Waals surface area (Å²) in [6.45, 7) is 0. The molecule has 2 aromatic carbocycles. The van der Waals surface area contributed by atoms with E-state index in [4.69, 9.17) is 4.74 Å². The van der Waals surface area contributed by atoms with Gasteiger partial charge >= 0.3 is 0 Å². The van der Waals surface area contributed by atoms with Gasteiger partial charge in [-0.05, 0) is 35.9 Å². The maximum atomic E-state index is 12.3. The summed E-state index contributed by atoms with van der Waals surface area (Å²) in [7, 11) is 1.62. The molecule has 0 unspecified atom stereocenters. The summed E-state index contributed by atoms with van der Waals surface area (Å²) in [6, 6.07) is 15.0. The quantitative estimate of drug-likeness (QED) is 0.540. The van der Waals surface area contributed by atoms with E-state index in [0.717, 1.165) is 22.2 Å². The summed E-state index contributed by atoms with van der Waals surface area (Å²) in [5, 5.41) is 5.13. The van der Waals surface area contributed by atoms with Crippen LogP contribution < -0.4 is 10.3 Å². The first-order valence-corrected chi connectivity index (χ1v) is 7.71. The number of aromatic nitrogens is 4.